The van der Waals surface area contributed by atoms with Gasteiger partial charge in [0.05, 0.1) is 12.6 Å². The number of hydrogen-bond donors (Lipinski definition) is 3. The quantitative estimate of drug-likeness (QED) is 0.344. The van der Waals surface area contributed by atoms with Gasteiger partial charge in [0.25, 0.3) is 0 Å². The van der Waals surface area contributed by atoms with E-state index in [1.54, 1.807) is 6.92 Å². The molecule has 0 amide bonds. The van der Waals surface area contributed by atoms with Crippen molar-refractivity contribution in [1.29, 1.82) is 0 Å². The van der Waals surface area contributed by atoms with E-state index in [1.165, 1.54) is 0 Å². The second-order valence-electron chi connectivity index (χ2n) is 2.19. The van der Waals surface area contributed by atoms with Crippen molar-refractivity contribution in [3.8, 4) is 0 Å². The Morgan fingerprint density at radius 1 is 1.55 bits per heavy atom. The third kappa shape index (κ3) is 4.32. The standard InChI is InChI=1S/C6H14N4O/c1-2-5(11)4(7)3-10-6(8)9/h4H,2-3,7H2,1H3,(H4,8,9,10)/t4-/m1/s1. The molecule has 5 heteroatoms. The van der Waals surface area contributed by atoms with Gasteiger partial charge in [0, 0.05) is 6.42 Å². The Kier molecular flexibility index (Phi) is 4.21. The molecule has 0 unspecified atom stereocenters. The smallest absolute Gasteiger partial charge is 0.185 e. The van der Waals surface area contributed by atoms with E-state index in [-0.39, 0.29) is 18.3 Å². The molecule has 5 nitrogen and oxygen atoms in total. The Morgan fingerprint density at radius 3 is 2.45 bits per heavy atom. The highest BCUT2D eigenvalue weighted by atomic mass is 16.1. The first-order valence-corrected chi connectivity index (χ1v) is 3.41. The highest BCUT2D eigenvalue weighted by Gasteiger charge is 2.09. The van der Waals surface area contributed by atoms with Crippen molar-refractivity contribution in [2.24, 2.45) is 22.2 Å². The van der Waals surface area contributed by atoms with Gasteiger partial charge in [0.15, 0.2) is 11.7 Å². The molecule has 0 fully saturated rings. The summed E-state index contributed by atoms with van der Waals surface area (Å²) in [5.74, 6) is -0.0700. The van der Waals surface area contributed by atoms with Crippen LogP contribution >= 0.6 is 0 Å². The van der Waals surface area contributed by atoms with E-state index in [0.717, 1.165) is 0 Å². The molecule has 1 atom stereocenters. The van der Waals surface area contributed by atoms with Gasteiger partial charge >= 0.3 is 0 Å². The number of aliphatic imine (C=N–C) groups is 1. The van der Waals surface area contributed by atoms with Crippen molar-refractivity contribution >= 4 is 11.7 Å². The molecule has 0 saturated carbocycles. The summed E-state index contributed by atoms with van der Waals surface area (Å²) in [6.07, 6.45) is 0.418. The van der Waals surface area contributed by atoms with Gasteiger partial charge in [-0.25, -0.2) is 0 Å². The number of guanidine groups is 1. The summed E-state index contributed by atoms with van der Waals surface area (Å²) in [6, 6.07) is -0.568. The second kappa shape index (κ2) is 4.68. The molecule has 0 aromatic heterocycles. The predicted octanol–water partition coefficient (Wildman–Crippen LogP) is -1.43. The summed E-state index contributed by atoms with van der Waals surface area (Å²) in [5, 5.41) is 0. The molecule has 0 aliphatic heterocycles. The highest BCUT2D eigenvalue weighted by molar-refractivity contribution is 5.84. The summed E-state index contributed by atoms with van der Waals surface area (Å²) in [6.45, 7) is 1.92. The number of hydrogen-bond acceptors (Lipinski definition) is 3. The van der Waals surface area contributed by atoms with Gasteiger partial charge in [-0.3, -0.25) is 9.79 Å². The number of carbonyl (C=O) groups excluding carboxylic acids is 1. The van der Waals surface area contributed by atoms with E-state index in [2.05, 4.69) is 4.99 Å². The summed E-state index contributed by atoms with van der Waals surface area (Å²) in [7, 11) is 0. The number of Topliss-reactive ketones (excluding diaryl/α,β-unsaturated/α-hetero) is 1. The van der Waals surface area contributed by atoms with Gasteiger partial charge in [0.2, 0.25) is 0 Å². The van der Waals surface area contributed by atoms with Crippen LogP contribution in [-0.2, 0) is 4.79 Å². The van der Waals surface area contributed by atoms with Crippen LogP contribution < -0.4 is 17.2 Å². The topological polar surface area (TPSA) is 107 Å². The fourth-order valence-electron chi connectivity index (χ4n) is 0.568. The first-order valence-electron chi connectivity index (χ1n) is 3.41. The van der Waals surface area contributed by atoms with Gasteiger partial charge in [0.1, 0.15) is 0 Å². The number of nitrogens with two attached hydrogens (primary N) is 3. The average molecular weight is 158 g/mol. The van der Waals surface area contributed by atoms with Crippen molar-refractivity contribution in [3.05, 3.63) is 0 Å². The SMILES string of the molecule is CCC(=O)[C@H](N)CN=C(N)N. The van der Waals surface area contributed by atoms with E-state index in [0.29, 0.717) is 6.42 Å². The fourth-order valence-corrected chi connectivity index (χ4v) is 0.568. The zero-order valence-electron chi connectivity index (χ0n) is 6.58. The van der Waals surface area contributed by atoms with Crippen LogP contribution in [0.25, 0.3) is 0 Å². The molecule has 0 aromatic rings. The largest absolute Gasteiger partial charge is 0.370 e. The molecule has 0 aliphatic rings. The number of carbonyl (C=O) groups is 1. The monoisotopic (exact) mass is 158 g/mol. The van der Waals surface area contributed by atoms with Crippen LogP contribution in [0.3, 0.4) is 0 Å². The van der Waals surface area contributed by atoms with Gasteiger partial charge in [-0.05, 0) is 0 Å². The van der Waals surface area contributed by atoms with Crippen LogP contribution in [0.2, 0.25) is 0 Å². The third-order valence-electron chi connectivity index (χ3n) is 1.23. The zero-order valence-corrected chi connectivity index (χ0v) is 6.58. The molecule has 11 heavy (non-hydrogen) atoms. The number of rotatable bonds is 4. The van der Waals surface area contributed by atoms with Gasteiger partial charge in [-0.2, -0.15) is 0 Å². The Bertz CT molecular complexity index is 162. The minimum Gasteiger partial charge on any atom is -0.370 e. The Labute approximate surface area is 65.6 Å². The minimum atomic E-state index is -0.568. The number of ketones is 1. The van der Waals surface area contributed by atoms with Crippen molar-refractivity contribution in [2.75, 3.05) is 6.54 Å². The Morgan fingerprint density at radius 2 is 2.09 bits per heavy atom. The van der Waals surface area contributed by atoms with Crippen LogP contribution in [0.15, 0.2) is 4.99 Å². The molecule has 0 aromatic carbocycles. The molecule has 0 bridgehead atoms. The molecule has 0 radical (unpaired) electrons. The van der Waals surface area contributed by atoms with Crippen LogP contribution in [-0.4, -0.2) is 24.3 Å². The fraction of sp³-hybridized carbons (Fsp3) is 0.667. The molecule has 0 heterocycles. The zero-order chi connectivity index (χ0) is 8.85. The number of nitrogens with zero attached hydrogens (tertiary/aromatic N) is 1. The molecular weight excluding hydrogens is 144 g/mol. The summed E-state index contributed by atoms with van der Waals surface area (Å²) in [4.78, 5) is 14.5. The van der Waals surface area contributed by atoms with Crippen molar-refractivity contribution in [3.63, 3.8) is 0 Å². The molecule has 0 saturated heterocycles. The molecule has 0 rings (SSSR count). The van der Waals surface area contributed by atoms with E-state index in [1.807, 2.05) is 0 Å². The first-order chi connectivity index (χ1) is 5.07. The van der Waals surface area contributed by atoms with Crippen LogP contribution in [0, 0.1) is 0 Å². The van der Waals surface area contributed by atoms with E-state index in [4.69, 9.17) is 17.2 Å². The van der Waals surface area contributed by atoms with Crippen molar-refractivity contribution in [2.45, 2.75) is 19.4 Å². The highest BCUT2D eigenvalue weighted by Crippen LogP contribution is 1.87. The molecular formula is C6H14N4O. The predicted molar refractivity (Wildman–Crippen MR) is 44.0 cm³/mol. The average Bonchev–Trinajstić information content (AvgIpc) is 1.98. The normalized spacial score (nSPS) is 12.2. The molecule has 64 valence electrons. The maximum absolute atomic E-state index is 10.8. The van der Waals surface area contributed by atoms with Gasteiger partial charge in [-0.1, -0.05) is 6.92 Å². The molecule has 6 N–H and O–H groups in total. The Balaban J connectivity index is 3.78. The second-order valence-corrected chi connectivity index (χ2v) is 2.19. The van der Waals surface area contributed by atoms with Crippen LogP contribution in [0.4, 0.5) is 0 Å². The van der Waals surface area contributed by atoms with Crippen LogP contribution in [0.5, 0.6) is 0 Å². The first kappa shape index (κ1) is 9.90. The lowest BCUT2D eigenvalue weighted by atomic mass is 10.1. The van der Waals surface area contributed by atoms with E-state index >= 15 is 0 Å². The van der Waals surface area contributed by atoms with E-state index < -0.39 is 6.04 Å². The maximum Gasteiger partial charge on any atom is 0.185 e. The van der Waals surface area contributed by atoms with Crippen molar-refractivity contribution < 1.29 is 4.79 Å². The summed E-state index contributed by atoms with van der Waals surface area (Å²) >= 11 is 0. The molecule has 0 aliphatic carbocycles. The Hall–Kier alpha value is -1.10. The lowest BCUT2D eigenvalue weighted by Crippen LogP contribution is -2.35. The summed E-state index contributed by atoms with van der Waals surface area (Å²) < 4.78 is 0. The lowest BCUT2D eigenvalue weighted by molar-refractivity contribution is -0.119. The summed E-state index contributed by atoms with van der Waals surface area (Å²) in [5.41, 5.74) is 15.5. The van der Waals surface area contributed by atoms with Crippen molar-refractivity contribution in [1.82, 2.24) is 0 Å². The van der Waals surface area contributed by atoms with Gasteiger partial charge in [-0.15, -0.1) is 0 Å². The maximum atomic E-state index is 10.8. The lowest BCUT2D eigenvalue weighted by Gasteiger charge is -2.04. The van der Waals surface area contributed by atoms with Crippen LogP contribution in [0.1, 0.15) is 13.3 Å². The minimum absolute atomic E-state index is 0.0324. The molecule has 0 spiro atoms. The van der Waals surface area contributed by atoms with E-state index in [9.17, 15) is 4.79 Å². The third-order valence-corrected chi connectivity index (χ3v) is 1.23. The van der Waals surface area contributed by atoms with Gasteiger partial charge < -0.3 is 17.2 Å².